The van der Waals surface area contributed by atoms with Crippen LogP contribution in [-0.4, -0.2) is 41.8 Å². The Morgan fingerprint density at radius 3 is 2.96 bits per heavy atom. The fourth-order valence-corrected chi connectivity index (χ4v) is 2.84. The van der Waals surface area contributed by atoms with Crippen molar-refractivity contribution in [3.63, 3.8) is 0 Å². The summed E-state index contributed by atoms with van der Waals surface area (Å²) in [6.07, 6.45) is 3.66. The van der Waals surface area contributed by atoms with E-state index in [-0.39, 0.29) is 5.91 Å². The fraction of sp³-hybridized carbons (Fsp3) is 0.353. The van der Waals surface area contributed by atoms with E-state index in [1.165, 1.54) is 0 Å². The minimum atomic E-state index is -0.478. The van der Waals surface area contributed by atoms with E-state index in [4.69, 9.17) is 4.52 Å². The average molecular weight is 323 g/mol. The molecule has 2 heterocycles. The molecular weight excluding hydrogens is 305 g/mol. The topological polar surface area (TPSA) is 75.8 Å². The van der Waals surface area contributed by atoms with Crippen LogP contribution in [-0.2, 0) is 16.0 Å². The van der Waals surface area contributed by atoms with E-state index in [0.29, 0.717) is 32.4 Å². The van der Waals surface area contributed by atoms with Gasteiger partial charge < -0.3 is 0 Å². The third-order valence-electron chi connectivity index (χ3n) is 4.05. The quantitative estimate of drug-likeness (QED) is 0.625. The standard InChI is InChI=1S/C17H18BN3O3/c22-17-15(19-12-18-23)8-4-5-9-21(17)11-14-10-16(20-24-14)13-6-2-1-3-7-13/h1-3,6-7,10,12,15H,4-5,8-9,11H2. The van der Waals surface area contributed by atoms with Crippen LogP contribution in [0.4, 0.5) is 0 Å². The zero-order valence-corrected chi connectivity index (χ0v) is 13.3. The normalized spacial score (nSPS) is 18.6. The van der Waals surface area contributed by atoms with Gasteiger partial charge in [-0.3, -0.25) is 0 Å². The molecule has 0 aliphatic carbocycles. The summed E-state index contributed by atoms with van der Waals surface area (Å²) in [4.78, 5) is 18.4. The third-order valence-corrected chi connectivity index (χ3v) is 4.05. The van der Waals surface area contributed by atoms with Crippen molar-refractivity contribution in [1.29, 1.82) is 0 Å². The van der Waals surface area contributed by atoms with E-state index in [1.807, 2.05) is 36.4 Å². The molecule has 122 valence electrons. The van der Waals surface area contributed by atoms with Crippen molar-refractivity contribution in [3.8, 4) is 11.3 Å². The Labute approximate surface area is 140 Å². The Morgan fingerprint density at radius 1 is 1.33 bits per heavy atom. The van der Waals surface area contributed by atoms with Gasteiger partial charge in [0.15, 0.2) is 0 Å². The van der Waals surface area contributed by atoms with Crippen LogP contribution in [0.25, 0.3) is 11.3 Å². The maximum atomic E-state index is 12.6. The van der Waals surface area contributed by atoms with Gasteiger partial charge in [0, 0.05) is 0 Å². The summed E-state index contributed by atoms with van der Waals surface area (Å²) in [5, 5.41) is 4.08. The van der Waals surface area contributed by atoms with Crippen molar-refractivity contribution in [1.82, 2.24) is 10.1 Å². The van der Waals surface area contributed by atoms with Gasteiger partial charge in [-0.2, -0.15) is 0 Å². The van der Waals surface area contributed by atoms with E-state index in [2.05, 4.69) is 10.1 Å². The average Bonchev–Trinajstić information content (AvgIpc) is 3.01. The Kier molecular flexibility index (Phi) is 5.30. The Balaban J connectivity index is 1.72. The molecule has 0 spiro atoms. The van der Waals surface area contributed by atoms with E-state index < -0.39 is 6.04 Å². The summed E-state index contributed by atoms with van der Waals surface area (Å²) in [5.74, 6) is 0.575. The number of hydrogen-bond acceptors (Lipinski definition) is 5. The molecule has 1 atom stereocenters. The first-order valence-corrected chi connectivity index (χ1v) is 8.04. The molecule has 6 nitrogen and oxygen atoms in total. The van der Waals surface area contributed by atoms with Crippen LogP contribution in [0.3, 0.4) is 0 Å². The first-order chi connectivity index (χ1) is 11.8. The molecule has 0 saturated carbocycles. The molecular formula is C17H18BN3O3. The molecule has 1 saturated heterocycles. The number of aromatic nitrogens is 1. The summed E-state index contributed by atoms with van der Waals surface area (Å²) < 4.78 is 15.8. The van der Waals surface area contributed by atoms with Gasteiger partial charge in [-0.25, -0.2) is 0 Å². The van der Waals surface area contributed by atoms with Gasteiger partial charge in [-0.15, -0.1) is 0 Å². The summed E-state index contributed by atoms with van der Waals surface area (Å²) in [6, 6.07) is 11.1. The first kappa shape index (κ1) is 16.3. The Morgan fingerprint density at radius 2 is 2.17 bits per heavy atom. The van der Waals surface area contributed by atoms with Crippen LogP contribution in [0.1, 0.15) is 25.0 Å². The second-order valence-corrected chi connectivity index (χ2v) is 5.75. The number of nitrogens with zero attached hydrogens (tertiary/aromatic N) is 3. The van der Waals surface area contributed by atoms with Gasteiger partial charge >= 0.3 is 134 Å². The van der Waals surface area contributed by atoms with Crippen LogP contribution < -0.4 is 0 Å². The summed E-state index contributed by atoms with van der Waals surface area (Å²) in [6.45, 7) is 1.03. The minimum absolute atomic E-state index is 0.0664. The van der Waals surface area contributed by atoms with Crippen molar-refractivity contribution in [2.75, 3.05) is 6.54 Å². The zero-order chi connectivity index (χ0) is 16.8. The van der Waals surface area contributed by atoms with Gasteiger partial charge in [0.25, 0.3) is 0 Å². The molecule has 1 aliphatic rings. The van der Waals surface area contributed by atoms with Crippen LogP contribution in [0, 0.1) is 0 Å². The second-order valence-electron chi connectivity index (χ2n) is 5.75. The van der Waals surface area contributed by atoms with Gasteiger partial charge in [0.05, 0.1) is 0 Å². The predicted molar refractivity (Wildman–Crippen MR) is 89.9 cm³/mol. The van der Waals surface area contributed by atoms with Crippen molar-refractivity contribution in [2.45, 2.75) is 31.8 Å². The molecule has 1 fully saturated rings. The number of carbonyl (C=O) groups is 1. The van der Waals surface area contributed by atoms with E-state index >= 15 is 0 Å². The Bertz CT molecular complexity index is 730. The van der Waals surface area contributed by atoms with Crippen LogP contribution in [0.5, 0.6) is 0 Å². The number of rotatable bonds is 5. The number of amides is 1. The molecule has 1 unspecified atom stereocenters. The number of benzene rings is 1. The molecule has 24 heavy (non-hydrogen) atoms. The van der Waals surface area contributed by atoms with Crippen molar-refractivity contribution in [3.05, 3.63) is 42.2 Å². The third kappa shape index (κ3) is 3.85. The molecule has 1 aromatic carbocycles. The summed E-state index contributed by atoms with van der Waals surface area (Å²) in [5.41, 5.74) is 1.73. The van der Waals surface area contributed by atoms with Crippen LogP contribution >= 0.6 is 0 Å². The van der Waals surface area contributed by atoms with Crippen LogP contribution in [0.15, 0.2) is 45.9 Å². The molecule has 0 bridgehead atoms. The van der Waals surface area contributed by atoms with E-state index in [0.717, 1.165) is 30.2 Å². The monoisotopic (exact) mass is 323 g/mol. The number of aliphatic imine (C=N–C) groups is 1. The molecule has 1 aliphatic heterocycles. The summed E-state index contributed by atoms with van der Waals surface area (Å²) in [7, 11) is 0.602. The molecule has 7 heteroatoms. The molecule has 0 radical (unpaired) electrons. The van der Waals surface area contributed by atoms with Crippen molar-refractivity contribution >= 4 is 19.2 Å². The van der Waals surface area contributed by atoms with Gasteiger partial charge in [-0.1, -0.05) is 6.07 Å². The Hall–Kier alpha value is -2.57. The predicted octanol–water partition coefficient (Wildman–Crippen LogP) is 2.30. The van der Waals surface area contributed by atoms with Gasteiger partial charge in [0.1, 0.15) is 0 Å². The second kappa shape index (κ2) is 7.81. The van der Waals surface area contributed by atoms with E-state index in [1.54, 1.807) is 4.90 Å². The van der Waals surface area contributed by atoms with Crippen LogP contribution in [0.2, 0.25) is 0 Å². The SMILES string of the molecule is O=BC=NC1CCCCN(Cc2cc(-c3ccccc3)no2)C1=O. The number of likely N-dealkylation sites (tertiary alicyclic amines) is 1. The van der Waals surface area contributed by atoms with Crippen molar-refractivity contribution < 1.29 is 14.0 Å². The molecule has 0 N–H and O–H groups in total. The summed E-state index contributed by atoms with van der Waals surface area (Å²) >= 11 is 0. The molecule has 2 aromatic rings. The zero-order valence-electron chi connectivity index (χ0n) is 13.3. The number of hydrogen-bond donors (Lipinski definition) is 0. The van der Waals surface area contributed by atoms with E-state index in [9.17, 15) is 9.50 Å². The first-order valence-electron chi connectivity index (χ1n) is 8.04. The molecule has 1 aromatic heterocycles. The fourth-order valence-electron chi connectivity index (χ4n) is 2.84. The molecule has 3 rings (SSSR count). The van der Waals surface area contributed by atoms with Gasteiger partial charge in [-0.05, 0) is 0 Å². The van der Waals surface area contributed by atoms with Crippen molar-refractivity contribution in [2.24, 2.45) is 4.99 Å². The maximum absolute atomic E-state index is 12.6. The number of carbonyl (C=O) groups excluding carboxylic acids is 1. The van der Waals surface area contributed by atoms with Gasteiger partial charge in [0.2, 0.25) is 0 Å². The molecule has 1 amide bonds.